The van der Waals surface area contributed by atoms with Crippen LogP contribution in [0.2, 0.25) is 0 Å². The fourth-order valence-electron chi connectivity index (χ4n) is 2.50. The lowest BCUT2D eigenvalue weighted by atomic mass is 10.0. The van der Waals surface area contributed by atoms with E-state index in [-0.39, 0.29) is 11.9 Å². The van der Waals surface area contributed by atoms with E-state index < -0.39 is 0 Å². The summed E-state index contributed by atoms with van der Waals surface area (Å²) in [5.74, 6) is 7.85. The highest BCUT2D eigenvalue weighted by atomic mass is 32.2. The first-order chi connectivity index (χ1) is 9.69. The van der Waals surface area contributed by atoms with Crippen molar-refractivity contribution >= 4 is 23.1 Å². The average Bonchev–Trinajstić information content (AvgIpc) is 2.87. The first-order valence-corrected chi connectivity index (χ1v) is 8.57. The zero-order valence-electron chi connectivity index (χ0n) is 11.3. The second-order valence-electron chi connectivity index (χ2n) is 5.01. The van der Waals surface area contributed by atoms with Crippen molar-refractivity contribution in [2.24, 2.45) is 5.84 Å². The first kappa shape index (κ1) is 14.1. The van der Waals surface area contributed by atoms with E-state index in [2.05, 4.69) is 11.5 Å². The van der Waals surface area contributed by atoms with E-state index in [1.165, 1.54) is 27.1 Å². The van der Waals surface area contributed by atoms with Crippen LogP contribution < -0.4 is 11.3 Å². The highest BCUT2D eigenvalue weighted by molar-refractivity contribution is 7.98. The quantitative estimate of drug-likeness (QED) is 0.673. The van der Waals surface area contributed by atoms with E-state index >= 15 is 0 Å². The number of thioether (sulfide) groups is 1. The van der Waals surface area contributed by atoms with E-state index in [9.17, 15) is 4.39 Å². The molecule has 1 aromatic heterocycles. The molecule has 0 bridgehead atoms. The predicted molar refractivity (Wildman–Crippen MR) is 84.5 cm³/mol. The summed E-state index contributed by atoms with van der Waals surface area (Å²) >= 11 is 3.80. The number of thiophene rings is 1. The number of benzene rings is 1. The second-order valence-corrected chi connectivity index (χ2v) is 7.28. The Morgan fingerprint density at radius 3 is 2.90 bits per heavy atom. The summed E-state index contributed by atoms with van der Waals surface area (Å²) in [4.78, 5) is 2.68. The highest BCUT2D eigenvalue weighted by Crippen LogP contribution is 2.36. The Morgan fingerprint density at radius 2 is 2.20 bits per heavy atom. The minimum absolute atomic E-state index is 0.0603. The van der Waals surface area contributed by atoms with Crippen LogP contribution in [0.15, 0.2) is 24.3 Å². The topological polar surface area (TPSA) is 38.0 Å². The van der Waals surface area contributed by atoms with Crippen LogP contribution in [0.25, 0.3) is 0 Å². The Hall–Kier alpha value is -0.880. The van der Waals surface area contributed by atoms with Gasteiger partial charge in [0.2, 0.25) is 0 Å². The number of halogens is 1. The maximum Gasteiger partial charge on any atom is 0.126 e. The third kappa shape index (κ3) is 2.63. The molecule has 106 valence electrons. The summed E-state index contributed by atoms with van der Waals surface area (Å²) in [7, 11) is 0. The summed E-state index contributed by atoms with van der Waals surface area (Å²) < 4.78 is 13.4. The van der Waals surface area contributed by atoms with Gasteiger partial charge < -0.3 is 0 Å². The molecule has 2 nitrogen and oxygen atoms in total. The molecule has 0 saturated heterocycles. The van der Waals surface area contributed by atoms with Gasteiger partial charge in [0.15, 0.2) is 0 Å². The molecule has 0 radical (unpaired) electrons. The third-order valence-corrected chi connectivity index (χ3v) is 5.92. The smallest absolute Gasteiger partial charge is 0.126 e. The molecule has 1 aliphatic heterocycles. The number of rotatable bonds is 3. The van der Waals surface area contributed by atoms with E-state index in [1.54, 1.807) is 13.0 Å². The SMILES string of the molecule is Cc1cc(C(NN)c2cc3c(s2)CCSC3)ccc1F. The lowest BCUT2D eigenvalue weighted by Crippen LogP contribution is -2.28. The molecule has 0 amide bonds. The van der Waals surface area contributed by atoms with E-state index in [0.717, 1.165) is 17.7 Å². The number of nitrogens with two attached hydrogens (primary N) is 1. The molecule has 0 fully saturated rings. The van der Waals surface area contributed by atoms with Crippen LogP contribution in [-0.4, -0.2) is 5.75 Å². The number of hydrogen-bond donors (Lipinski definition) is 2. The Labute approximate surface area is 126 Å². The van der Waals surface area contributed by atoms with Crippen molar-refractivity contribution in [3.63, 3.8) is 0 Å². The molecule has 0 saturated carbocycles. The molecule has 1 aromatic carbocycles. The Balaban J connectivity index is 1.96. The van der Waals surface area contributed by atoms with E-state index in [4.69, 9.17) is 5.84 Å². The van der Waals surface area contributed by atoms with Crippen molar-refractivity contribution in [3.05, 3.63) is 56.5 Å². The largest absolute Gasteiger partial charge is 0.271 e. The maximum atomic E-state index is 13.4. The van der Waals surface area contributed by atoms with Crippen molar-refractivity contribution in [1.29, 1.82) is 0 Å². The van der Waals surface area contributed by atoms with Gasteiger partial charge in [-0.1, -0.05) is 12.1 Å². The molecule has 0 aliphatic carbocycles. The molecule has 5 heteroatoms. The lowest BCUT2D eigenvalue weighted by molar-refractivity contribution is 0.610. The standard InChI is InChI=1S/C15H17FN2S2/c1-9-6-10(2-3-12(9)16)15(18-17)14-7-11-8-19-5-4-13(11)20-14/h2-3,6-7,15,18H,4-5,8,17H2,1H3. The van der Waals surface area contributed by atoms with Crippen molar-refractivity contribution in [2.45, 2.75) is 25.1 Å². The zero-order chi connectivity index (χ0) is 14.1. The molecule has 3 N–H and O–H groups in total. The van der Waals surface area contributed by atoms with Gasteiger partial charge in [-0.3, -0.25) is 5.84 Å². The fraction of sp³-hybridized carbons (Fsp3) is 0.333. The van der Waals surface area contributed by atoms with Gasteiger partial charge in [0.05, 0.1) is 6.04 Å². The van der Waals surface area contributed by atoms with Crippen LogP contribution in [-0.2, 0) is 12.2 Å². The highest BCUT2D eigenvalue weighted by Gasteiger charge is 2.20. The Kier molecular flexibility index (Phi) is 4.12. The monoisotopic (exact) mass is 308 g/mol. The lowest BCUT2D eigenvalue weighted by Gasteiger charge is -2.15. The summed E-state index contributed by atoms with van der Waals surface area (Å²) in [6, 6.07) is 7.37. The normalized spacial score (nSPS) is 15.9. The molecule has 2 aromatic rings. The van der Waals surface area contributed by atoms with Crippen LogP contribution in [0.5, 0.6) is 0 Å². The summed E-state index contributed by atoms with van der Waals surface area (Å²) in [5.41, 5.74) is 5.97. The van der Waals surface area contributed by atoms with Gasteiger partial charge in [0.1, 0.15) is 5.82 Å². The van der Waals surface area contributed by atoms with Gasteiger partial charge in [-0.15, -0.1) is 11.3 Å². The molecule has 3 rings (SSSR count). The third-order valence-electron chi connectivity index (χ3n) is 3.61. The van der Waals surface area contributed by atoms with Crippen molar-refractivity contribution in [2.75, 3.05) is 5.75 Å². The van der Waals surface area contributed by atoms with Crippen LogP contribution in [0, 0.1) is 12.7 Å². The van der Waals surface area contributed by atoms with Crippen molar-refractivity contribution in [1.82, 2.24) is 5.43 Å². The van der Waals surface area contributed by atoms with Crippen molar-refractivity contribution in [3.8, 4) is 0 Å². The number of nitrogens with one attached hydrogen (secondary N) is 1. The van der Waals surface area contributed by atoms with Crippen LogP contribution in [0.1, 0.15) is 32.5 Å². The molecular formula is C15H17FN2S2. The minimum atomic E-state index is -0.175. The molecule has 1 atom stereocenters. The molecule has 2 heterocycles. The predicted octanol–water partition coefficient (Wildman–Crippen LogP) is 3.54. The summed E-state index contributed by atoms with van der Waals surface area (Å²) in [5, 5.41) is 0. The summed E-state index contributed by atoms with van der Waals surface area (Å²) in [6.07, 6.45) is 1.14. The molecule has 20 heavy (non-hydrogen) atoms. The molecule has 1 aliphatic rings. The van der Waals surface area contributed by atoms with Crippen LogP contribution in [0.4, 0.5) is 4.39 Å². The van der Waals surface area contributed by atoms with Gasteiger partial charge in [0.25, 0.3) is 0 Å². The Morgan fingerprint density at radius 1 is 1.35 bits per heavy atom. The molecular weight excluding hydrogens is 291 g/mol. The number of aryl methyl sites for hydroxylation is 2. The summed E-state index contributed by atoms with van der Waals surface area (Å²) in [6.45, 7) is 1.78. The van der Waals surface area contributed by atoms with Gasteiger partial charge in [0, 0.05) is 15.5 Å². The number of hydrogen-bond acceptors (Lipinski definition) is 4. The Bertz CT molecular complexity index is 601. The zero-order valence-corrected chi connectivity index (χ0v) is 12.9. The number of fused-ring (bicyclic) bond motifs is 1. The van der Waals surface area contributed by atoms with Gasteiger partial charge in [-0.2, -0.15) is 11.8 Å². The average molecular weight is 308 g/mol. The van der Waals surface area contributed by atoms with E-state index in [0.29, 0.717) is 5.56 Å². The van der Waals surface area contributed by atoms with Crippen LogP contribution >= 0.6 is 23.1 Å². The van der Waals surface area contributed by atoms with Gasteiger partial charge in [-0.05, 0) is 47.9 Å². The molecule has 1 unspecified atom stereocenters. The van der Waals surface area contributed by atoms with Crippen molar-refractivity contribution < 1.29 is 4.39 Å². The van der Waals surface area contributed by atoms with Gasteiger partial charge >= 0.3 is 0 Å². The van der Waals surface area contributed by atoms with Gasteiger partial charge in [-0.25, -0.2) is 9.82 Å². The number of hydrazine groups is 1. The first-order valence-electron chi connectivity index (χ1n) is 6.60. The molecule has 0 spiro atoms. The van der Waals surface area contributed by atoms with Crippen LogP contribution in [0.3, 0.4) is 0 Å². The second kappa shape index (κ2) is 5.85. The fourth-order valence-corrected chi connectivity index (χ4v) is 4.97. The van der Waals surface area contributed by atoms with E-state index in [1.807, 2.05) is 29.2 Å². The maximum absolute atomic E-state index is 13.4. The minimum Gasteiger partial charge on any atom is -0.271 e.